The topological polar surface area (TPSA) is 61.4 Å². The van der Waals surface area contributed by atoms with Gasteiger partial charge in [-0.1, -0.05) is 31.0 Å². The molecule has 2 heterocycles. The van der Waals surface area contributed by atoms with E-state index in [1.807, 2.05) is 18.2 Å². The van der Waals surface area contributed by atoms with Crippen LogP contribution in [0.15, 0.2) is 30.3 Å². The molecule has 0 spiro atoms. The molecule has 1 saturated carbocycles. The van der Waals surface area contributed by atoms with Gasteiger partial charge in [-0.15, -0.1) is 11.3 Å². The summed E-state index contributed by atoms with van der Waals surface area (Å²) in [5.41, 5.74) is -0.252. The molecule has 5 heteroatoms. The number of aliphatic hydroxyl groups is 1. The smallest absolute Gasteiger partial charge is 0.227 e. The molecule has 3 atom stereocenters. The third kappa shape index (κ3) is 2.75. The Kier molecular flexibility index (Phi) is 4.33. The highest BCUT2D eigenvalue weighted by Crippen LogP contribution is 2.44. The summed E-state index contributed by atoms with van der Waals surface area (Å²) in [6.45, 7) is 2.02. The van der Waals surface area contributed by atoms with Gasteiger partial charge >= 0.3 is 0 Å². The SMILES string of the molecule is O=C(NCC(O)c1cc2ccccc2s1)[C@@]12CCCC[C@H]1CNC2. The number of aliphatic hydroxyl groups excluding tert-OH is 1. The largest absolute Gasteiger partial charge is 0.386 e. The molecule has 4 rings (SSSR count). The summed E-state index contributed by atoms with van der Waals surface area (Å²) in [5.74, 6) is 0.574. The van der Waals surface area contributed by atoms with Crippen molar-refractivity contribution in [3.8, 4) is 0 Å². The van der Waals surface area contributed by atoms with E-state index in [4.69, 9.17) is 0 Å². The van der Waals surface area contributed by atoms with Crippen molar-refractivity contribution < 1.29 is 9.90 Å². The van der Waals surface area contributed by atoms with Crippen LogP contribution in [0.1, 0.15) is 36.7 Å². The van der Waals surface area contributed by atoms with E-state index in [0.29, 0.717) is 12.5 Å². The number of amides is 1. The predicted octanol–water partition coefficient (Wildman–Crippen LogP) is 2.83. The zero-order chi connectivity index (χ0) is 16.6. The first kappa shape index (κ1) is 16.1. The lowest BCUT2D eigenvalue weighted by Crippen LogP contribution is -2.48. The Morgan fingerprint density at radius 1 is 1.42 bits per heavy atom. The molecule has 2 aromatic rings. The maximum absolute atomic E-state index is 12.9. The van der Waals surface area contributed by atoms with E-state index in [0.717, 1.165) is 42.6 Å². The normalized spacial score (nSPS) is 27.8. The maximum Gasteiger partial charge on any atom is 0.227 e. The van der Waals surface area contributed by atoms with Crippen LogP contribution in [-0.4, -0.2) is 30.6 Å². The van der Waals surface area contributed by atoms with E-state index in [1.165, 1.54) is 11.1 Å². The van der Waals surface area contributed by atoms with Crippen molar-refractivity contribution in [1.29, 1.82) is 0 Å². The van der Waals surface area contributed by atoms with Gasteiger partial charge < -0.3 is 15.7 Å². The van der Waals surface area contributed by atoms with Gasteiger partial charge in [0.05, 0.1) is 5.41 Å². The quantitative estimate of drug-likeness (QED) is 0.799. The summed E-state index contributed by atoms with van der Waals surface area (Å²) in [4.78, 5) is 13.8. The highest BCUT2D eigenvalue weighted by Gasteiger charge is 2.49. The van der Waals surface area contributed by atoms with Crippen molar-refractivity contribution in [2.24, 2.45) is 11.3 Å². The third-order valence-electron chi connectivity index (χ3n) is 5.72. The van der Waals surface area contributed by atoms with Crippen molar-refractivity contribution in [2.75, 3.05) is 19.6 Å². The van der Waals surface area contributed by atoms with Crippen molar-refractivity contribution in [1.82, 2.24) is 10.6 Å². The Morgan fingerprint density at radius 3 is 3.17 bits per heavy atom. The second kappa shape index (κ2) is 6.47. The molecule has 1 aromatic heterocycles. The first-order chi connectivity index (χ1) is 11.7. The van der Waals surface area contributed by atoms with Gasteiger partial charge in [-0.3, -0.25) is 4.79 Å². The monoisotopic (exact) mass is 344 g/mol. The molecule has 128 valence electrons. The average Bonchev–Trinajstić information content (AvgIpc) is 3.23. The lowest BCUT2D eigenvalue weighted by molar-refractivity contribution is -0.134. The first-order valence-electron chi connectivity index (χ1n) is 8.85. The zero-order valence-electron chi connectivity index (χ0n) is 13.8. The molecule has 3 N–H and O–H groups in total. The van der Waals surface area contributed by atoms with Gasteiger partial charge in [-0.05, 0) is 42.8 Å². The number of thiophene rings is 1. The number of nitrogens with one attached hydrogen (secondary N) is 2. The molecule has 24 heavy (non-hydrogen) atoms. The second-order valence-electron chi connectivity index (χ2n) is 7.14. The van der Waals surface area contributed by atoms with E-state index in [-0.39, 0.29) is 11.3 Å². The highest BCUT2D eigenvalue weighted by molar-refractivity contribution is 7.19. The third-order valence-corrected chi connectivity index (χ3v) is 6.94. The number of hydrogen-bond acceptors (Lipinski definition) is 4. The maximum atomic E-state index is 12.9. The Bertz CT molecular complexity index is 711. The first-order valence-corrected chi connectivity index (χ1v) is 9.66. The van der Waals surface area contributed by atoms with Crippen molar-refractivity contribution in [3.05, 3.63) is 35.2 Å². The molecule has 1 aliphatic heterocycles. The summed E-state index contributed by atoms with van der Waals surface area (Å²) < 4.78 is 1.17. The average molecular weight is 344 g/mol. The molecule has 0 bridgehead atoms. The summed E-state index contributed by atoms with van der Waals surface area (Å²) in [6, 6.07) is 10.1. The van der Waals surface area contributed by atoms with Gasteiger partial charge in [0.25, 0.3) is 0 Å². The minimum Gasteiger partial charge on any atom is -0.386 e. The van der Waals surface area contributed by atoms with Crippen LogP contribution in [0, 0.1) is 11.3 Å². The van der Waals surface area contributed by atoms with Crippen LogP contribution in [0.5, 0.6) is 0 Å². The van der Waals surface area contributed by atoms with E-state index in [1.54, 1.807) is 11.3 Å². The van der Waals surface area contributed by atoms with E-state index in [9.17, 15) is 9.90 Å². The molecule has 4 nitrogen and oxygen atoms in total. The van der Waals surface area contributed by atoms with Crippen LogP contribution < -0.4 is 10.6 Å². The van der Waals surface area contributed by atoms with Gasteiger partial charge in [0.15, 0.2) is 0 Å². The van der Waals surface area contributed by atoms with Gasteiger partial charge in [0, 0.05) is 22.7 Å². The second-order valence-corrected chi connectivity index (χ2v) is 8.26. The molecular weight excluding hydrogens is 320 g/mol. The Hall–Kier alpha value is -1.43. The number of benzene rings is 1. The zero-order valence-corrected chi connectivity index (χ0v) is 14.6. The van der Waals surface area contributed by atoms with Gasteiger partial charge in [0.2, 0.25) is 5.91 Å². The summed E-state index contributed by atoms with van der Waals surface area (Å²) in [6.07, 6.45) is 3.82. The van der Waals surface area contributed by atoms with Crippen LogP contribution in [0.3, 0.4) is 0 Å². The standard InChI is InChI=1S/C19H24N2O2S/c22-15(17-9-13-5-1-2-7-16(13)24-17)11-21-18(23)19-8-4-3-6-14(19)10-20-12-19/h1-2,5,7,9,14-15,20,22H,3-4,6,8,10-12H2,(H,21,23)/t14-,15?,19+/m0/s1. The molecule has 1 aromatic carbocycles. The van der Waals surface area contributed by atoms with E-state index in [2.05, 4.69) is 22.8 Å². The number of carbonyl (C=O) groups is 1. The van der Waals surface area contributed by atoms with Crippen LogP contribution in [0.2, 0.25) is 0 Å². The van der Waals surface area contributed by atoms with Crippen LogP contribution in [-0.2, 0) is 4.79 Å². The summed E-state index contributed by atoms with van der Waals surface area (Å²) in [5, 5.41) is 18.1. The summed E-state index contributed by atoms with van der Waals surface area (Å²) >= 11 is 1.60. The molecule has 1 unspecified atom stereocenters. The van der Waals surface area contributed by atoms with E-state index >= 15 is 0 Å². The highest BCUT2D eigenvalue weighted by atomic mass is 32.1. The molecule has 1 saturated heterocycles. The Morgan fingerprint density at radius 2 is 2.29 bits per heavy atom. The lowest BCUT2D eigenvalue weighted by atomic mass is 9.67. The fourth-order valence-corrected chi connectivity index (χ4v) is 5.37. The fourth-order valence-electron chi connectivity index (χ4n) is 4.32. The lowest BCUT2D eigenvalue weighted by Gasteiger charge is -2.37. The van der Waals surface area contributed by atoms with Crippen molar-refractivity contribution in [3.63, 3.8) is 0 Å². The number of hydrogen-bond donors (Lipinski definition) is 3. The van der Waals surface area contributed by atoms with Gasteiger partial charge in [-0.25, -0.2) is 0 Å². The van der Waals surface area contributed by atoms with Crippen LogP contribution >= 0.6 is 11.3 Å². The van der Waals surface area contributed by atoms with Crippen LogP contribution in [0.4, 0.5) is 0 Å². The van der Waals surface area contributed by atoms with E-state index < -0.39 is 6.10 Å². The van der Waals surface area contributed by atoms with Gasteiger partial charge in [0.1, 0.15) is 6.10 Å². The molecular formula is C19H24N2O2S. The Labute approximate surface area is 146 Å². The minimum atomic E-state index is -0.640. The van der Waals surface area contributed by atoms with Crippen molar-refractivity contribution >= 4 is 27.3 Å². The Balaban J connectivity index is 1.43. The molecule has 2 fully saturated rings. The predicted molar refractivity (Wildman–Crippen MR) is 97.1 cm³/mol. The molecule has 0 radical (unpaired) electrons. The number of rotatable bonds is 4. The summed E-state index contributed by atoms with van der Waals surface area (Å²) in [7, 11) is 0. The number of fused-ring (bicyclic) bond motifs is 2. The number of carbonyl (C=O) groups excluding carboxylic acids is 1. The molecule has 2 aliphatic rings. The van der Waals surface area contributed by atoms with Gasteiger partial charge in [-0.2, -0.15) is 0 Å². The molecule has 1 amide bonds. The van der Waals surface area contributed by atoms with Crippen molar-refractivity contribution in [2.45, 2.75) is 31.8 Å². The molecule has 1 aliphatic carbocycles. The minimum absolute atomic E-state index is 0.123. The van der Waals surface area contributed by atoms with Crippen LogP contribution in [0.25, 0.3) is 10.1 Å². The fraction of sp³-hybridized carbons (Fsp3) is 0.526.